The van der Waals surface area contributed by atoms with Crippen molar-refractivity contribution in [1.82, 2.24) is 10.9 Å². The van der Waals surface area contributed by atoms with Crippen LogP contribution in [-0.4, -0.2) is 35.7 Å². The van der Waals surface area contributed by atoms with Crippen molar-refractivity contribution in [2.45, 2.75) is 31.0 Å². The van der Waals surface area contributed by atoms with E-state index in [4.69, 9.17) is 19.6 Å². The molecule has 0 fully saturated rings. The highest BCUT2D eigenvalue weighted by Crippen LogP contribution is 2.44. The van der Waals surface area contributed by atoms with Gasteiger partial charge in [0.1, 0.15) is 17.4 Å². The van der Waals surface area contributed by atoms with E-state index in [1.807, 2.05) is 54.6 Å². The normalized spacial score (nSPS) is 17.7. The minimum absolute atomic E-state index is 0.0365. The maximum Gasteiger partial charge on any atom is 0.266 e. The van der Waals surface area contributed by atoms with Gasteiger partial charge in [-0.1, -0.05) is 70.5 Å². The molecule has 5 rings (SSSR count). The van der Waals surface area contributed by atoms with Crippen molar-refractivity contribution < 1.29 is 28.2 Å². The number of aliphatic hydroxyl groups excluding tert-OH is 1. The summed E-state index contributed by atoms with van der Waals surface area (Å²) >= 11 is 3.61. The average molecular weight is 651 g/mol. The second-order valence-corrected chi connectivity index (χ2v) is 10.8. The maximum absolute atomic E-state index is 14.3. The van der Waals surface area contributed by atoms with Crippen LogP contribution >= 0.6 is 15.9 Å². The number of aliphatic imine (C=N–C) groups is 1. The molecule has 1 aliphatic rings. The van der Waals surface area contributed by atoms with Gasteiger partial charge < -0.3 is 14.6 Å². The van der Waals surface area contributed by atoms with Crippen molar-refractivity contribution in [3.63, 3.8) is 0 Å². The zero-order valence-electron chi connectivity index (χ0n) is 23.1. The Morgan fingerprint density at radius 3 is 2.35 bits per heavy atom. The Balaban J connectivity index is 1.52. The minimum Gasteiger partial charge on any atom is -0.494 e. The van der Waals surface area contributed by atoms with Gasteiger partial charge in [-0.25, -0.2) is 19.2 Å². The monoisotopic (exact) mass is 649 g/mol. The number of nitrogens with zero attached hydrogens (tertiary/aromatic N) is 1. The molecule has 1 amide bonds. The van der Waals surface area contributed by atoms with Crippen LogP contribution in [0.15, 0.2) is 107 Å². The number of nitrogens with one attached hydrogen (secondary N) is 2. The predicted octanol–water partition coefficient (Wildman–Crippen LogP) is 5.81. The molecule has 7 nitrogen and oxygen atoms in total. The molecule has 43 heavy (non-hydrogen) atoms. The van der Waals surface area contributed by atoms with E-state index in [0.717, 1.165) is 22.2 Å². The first-order valence-electron chi connectivity index (χ1n) is 13.8. The molecule has 0 bridgehead atoms. The van der Waals surface area contributed by atoms with Crippen LogP contribution in [0.2, 0.25) is 0 Å². The molecule has 1 heterocycles. The minimum atomic E-state index is -1.50. The second-order valence-electron chi connectivity index (χ2n) is 9.98. The van der Waals surface area contributed by atoms with Gasteiger partial charge in [0, 0.05) is 47.2 Å². The average Bonchev–Trinajstić information content (AvgIpc) is 3.40. The highest BCUT2D eigenvalue weighted by atomic mass is 79.9. The molecule has 2 atom stereocenters. The topological polar surface area (TPSA) is 92.2 Å². The third kappa shape index (κ3) is 6.93. The van der Waals surface area contributed by atoms with E-state index in [1.165, 1.54) is 6.07 Å². The molecule has 0 saturated heterocycles. The zero-order chi connectivity index (χ0) is 30.2. The van der Waals surface area contributed by atoms with Gasteiger partial charge in [0.05, 0.1) is 6.61 Å². The zero-order valence-corrected chi connectivity index (χ0v) is 24.7. The number of hydrogen-bond acceptors (Lipinski definition) is 6. The Morgan fingerprint density at radius 2 is 1.65 bits per heavy atom. The van der Waals surface area contributed by atoms with E-state index in [1.54, 1.807) is 24.3 Å². The Labute approximate surface area is 256 Å². The Morgan fingerprint density at radius 1 is 0.953 bits per heavy atom. The largest absolute Gasteiger partial charge is 0.494 e. The third-order valence-corrected chi connectivity index (χ3v) is 7.79. The Bertz CT molecular complexity index is 1570. The summed E-state index contributed by atoms with van der Waals surface area (Å²) in [7, 11) is 0. The van der Waals surface area contributed by atoms with Gasteiger partial charge in [-0.3, -0.25) is 10.2 Å². The lowest BCUT2D eigenvalue weighted by Gasteiger charge is -2.31. The molecule has 3 N–H and O–H groups in total. The van der Waals surface area contributed by atoms with Crippen LogP contribution in [-0.2, 0) is 22.5 Å². The van der Waals surface area contributed by atoms with Gasteiger partial charge in [-0.2, -0.15) is 0 Å². The fraction of sp³-hybridized carbons (Fsp3) is 0.212. The van der Waals surface area contributed by atoms with Crippen molar-refractivity contribution in [3.8, 4) is 5.75 Å². The van der Waals surface area contributed by atoms with Crippen LogP contribution in [0.4, 0.5) is 8.78 Å². The third-order valence-electron chi connectivity index (χ3n) is 7.06. The maximum atomic E-state index is 14.3. The van der Waals surface area contributed by atoms with Crippen LogP contribution in [0.3, 0.4) is 0 Å². The number of carbonyl (C=O) groups is 1. The van der Waals surface area contributed by atoms with Crippen LogP contribution in [0.1, 0.15) is 34.8 Å². The summed E-state index contributed by atoms with van der Waals surface area (Å²) in [4.78, 5) is 19.1. The van der Waals surface area contributed by atoms with Gasteiger partial charge in [-0.15, -0.1) is 0 Å². The van der Waals surface area contributed by atoms with Crippen LogP contribution in [0.5, 0.6) is 5.75 Å². The fourth-order valence-corrected chi connectivity index (χ4v) is 5.37. The molecule has 0 radical (unpaired) electrons. The fourth-order valence-electron chi connectivity index (χ4n) is 4.88. The summed E-state index contributed by atoms with van der Waals surface area (Å²) in [6.07, 6.45) is -0.168. The predicted molar refractivity (Wildman–Crippen MR) is 162 cm³/mol. The smallest absolute Gasteiger partial charge is 0.266 e. The van der Waals surface area contributed by atoms with Crippen LogP contribution in [0, 0.1) is 11.6 Å². The number of amides is 1. The number of aliphatic hydroxyl groups is 1. The number of rotatable bonds is 12. The summed E-state index contributed by atoms with van der Waals surface area (Å²) in [6.45, 7) is 0.136. The van der Waals surface area contributed by atoms with E-state index < -0.39 is 29.2 Å². The van der Waals surface area contributed by atoms with Crippen molar-refractivity contribution >= 4 is 27.7 Å². The van der Waals surface area contributed by atoms with Gasteiger partial charge in [0.25, 0.3) is 5.91 Å². The first-order valence-corrected chi connectivity index (χ1v) is 14.6. The summed E-state index contributed by atoms with van der Waals surface area (Å²) in [5.74, 6) is -1.10. The van der Waals surface area contributed by atoms with Crippen LogP contribution < -0.4 is 15.6 Å². The van der Waals surface area contributed by atoms with Crippen molar-refractivity contribution in [2.75, 3.05) is 13.2 Å². The van der Waals surface area contributed by atoms with Gasteiger partial charge in [-0.05, 0) is 48.0 Å². The van der Waals surface area contributed by atoms with E-state index >= 15 is 0 Å². The van der Waals surface area contributed by atoms with Crippen molar-refractivity contribution in [2.24, 2.45) is 4.99 Å². The van der Waals surface area contributed by atoms with E-state index in [2.05, 4.69) is 26.8 Å². The standard InChI is InChI=1S/C33H30BrF2N3O4/c34-27-11-5-4-10-25(27)30-33(20-22-8-2-1-3-9-22,32(41)39-37-21-26-28(35)12-6-13-29(26)36)38-31(43-30)23-14-16-24(17-15-23)42-19-7-18-40/h1-6,8-17,30,37,40H,7,18-21H2,(H,39,41)/t30-,33-/m0/s1. The summed E-state index contributed by atoms with van der Waals surface area (Å²) in [5.41, 5.74) is 5.83. The molecule has 0 spiro atoms. The first kappa shape index (κ1) is 30.3. The molecule has 4 aromatic carbocycles. The lowest BCUT2D eigenvalue weighted by Crippen LogP contribution is -2.53. The van der Waals surface area contributed by atoms with Crippen molar-refractivity contribution in [3.05, 3.63) is 135 Å². The summed E-state index contributed by atoms with van der Waals surface area (Å²) < 4.78 is 41.4. The number of benzene rings is 4. The molecule has 10 heteroatoms. The van der Waals surface area contributed by atoms with E-state index in [-0.39, 0.29) is 31.0 Å². The summed E-state index contributed by atoms with van der Waals surface area (Å²) in [5, 5.41) is 9.02. The van der Waals surface area contributed by atoms with E-state index in [0.29, 0.717) is 29.9 Å². The Hall–Kier alpha value is -4.12. The molecular weight excluding hydrogens is 620 g/mol. The summed E-state index contributed by atoms with van der Waals surface area (Å²) in [6, 6.07) is 27.6. The SMILES string of the molecule is O=C(NNCc1c(F)cccc1F)[C@@]1(Cc2ccccc2)N=C(c2ccc(OCCCO)cc2)O[C@H]1c1ccccc1Br. The highest BCUT2D eigenvalue weighted by molar-refractivity contribution is 9.10. The molecule has 4 aromatic rings. The van der Waals surface area contributed by atoms with Gasteiger partial charge >= 0.3 is 0 Å². The first-order chi connectivity index (χ1) is 20.9. The van der Waals surface area contributed by atoms with E-state index in [9.17, 15) is 13.6 Å². The van der Waals surface area contributed by atoms with Gasteiger partial charge in [0.15, 0.2) is 11.6 Å². The Kier molecular flexibility index (Phi) is 9.81. The molecule has 0 aromatic heterocycles. The number of hydrogen-bond donors (Lipinski definition) is 3. The molecule has 0 saturated carbocycles. The van der Waals surface area contributed by atoms with Crippen LogP contribution in [0.25, 0.3) is 0 Å². The number of carbonyl (C=O) groups excluding carboxylic acids is 1. The number of ether oxygens (including phenoxy) is 2. The molecule has 1 aliphatic heterocycles. The molecule has 0 unspecified atom stereocenters. The highest BCUT2D eigenvalue weighted by Gasteiger charge is 2.54. The number of halogens is 3. The molecule has 0 aliphatic carbocycles. The lowest BCUT2D eigenvalue weighted by atomic mass is 9.82. The molecular formula is C33H30BrF2N3O4. The molecule has 222 valence electrons. The number of hydrazine groups is 1. The second kappa shape index (κ2) is 13.9. The lowest BCUT2D eigenvalue weighted by molar-refractivity contribution is -0.130. The van der Waals surface area contributed by atoms with Gasteiger partial charge in [0.2, 0.25) is 5.90 Å². The quantitative estimate of drug-likeness (QED) is 0.133. The van der Waals surface area contributed by atoms with Crippen molar-refractivity contribution in [1.29, 1.82) is 0 Å².